The van der Waals surface area contributed by atoms with Crippen LogP contribution in [0.4, 0.5) is 0 Å². The van der Waals surface area contributed by atoms with E-state index in [1.807, 2.05) is 0 Å². The van der Waals surface area contributed by atoms with E-state index in [9.17, 15) is 0 Å². The van der Waals surface area contributed by atoms with Gasteiger partial charge in [0.05, 0.1) is 12.2 Å². The SMILES string of the molecule is C[C@@H]1OC2(O[C@H]1C)C(C)(C)C2(C)C.S.S. The van der Waals surface area contributed by atoms with Crippen molar-refractivity contribution >= 4 is 27.0 Å². The lowest BCUT2D eigenvalue weighted by Crippen LogP contribution is -2.20. The molecule has 2 fully saturated rings. The molecule has 2 aliphatic rings. The maximum atomic E-state index is 5.98. The van der Waals surface area contributed by atoms with Crippen LogP contribution in [0.2, 0.25) is 0 Å². The van der Waals surface area contributed by atoms with E-state index in [1.54, 1.807) is 0 Å². The van der Waals surface area contributed by atoms with Crippen LogP contribution in [0.3, 0.4) is 0 Å². The molecule has 2 rings (SSSR count). The number of ether oxygens (including phenoxy) is 2. The first-order chi connectivity index (χ1) is 5.76. The summed E-state index contributed by atoms with van der Waals surface area (Å²) in [6, 6.07) is 0. The predicted octanol–water partition coefficient (Wildman–Crippen LogP) is 2.80. The smallest absolute Gasteiger partial charge is 0.180 e. The molecule has 1 saturated carbocycles. The fraction of sp³-hybridized carbons (Fsp3) is 1.00. The third-order valence-corrected chi connectivity index (χ3v) is 4.51. The Morgan fingerprint density at radius 2 is 1.00 bits per heavy atom. The molecule has 1 saturated heterocycles. The van der Waals surface area contributed by atoms with Gasteiger partial charge in [-0.1, -0.05) is 27.7 Å². The van der Waals surface area contributed by atoms with Crippen molar-refractivity contribution in [3.8, 4) is 0 Å². The quantitative estimate of drug-likeness (QED) is 0.660. The Labute approximate surface area is 107 Å². The summed E-state index contributed by atoms with van der Waals surface area (Å²) >= 11 is 0. The van der Waals surface area contributed by atoms with Gasteiger partial charge in [-0.25, -0.2) is 0 Å². The van der Waals surface area contributed by atoms with Gasteiger partial charge < -0.3 is 9.47 Å². The zero-order valence-corrected chi connectivity index (χ0v) is 12.5. The van der Waals surface area contributed by atoms with Crippen LogP contribution in [-0.4, -0.2) is 18.0 Å². The lowest BCUT2D eigenvalue weighted by atomic mass is 10.0. The molecule has 0 aromatic rings. The Morgan fingerprint density at radius 3 is 1.13 bits per heavy atom. The van der Waals surface area contributed by atoms with Crippen LogP contribution in [0.5, 0.6) is 0 Å². The molecular formula is C11H24O2S2. The van der Waals surface area contributed by atoms with Crippen LogP contribution in [0.15, 0.2) is 0 Å². The molecule has 1 aliphatic heterocycles. The molecule has 4 heteroatoms. The fourth-order valence-electron chi connectivity index (χ4n) is 2.54. The zero-order chi connectivity index (χ0) is 10.1. The molecule has 1 aliphatic carbocycles. The first-order valence-electron chi connectivity index (χ1n) is 5.12. The lowest BCUT2D eigenvalue weighted by molar-refractivity contribution is -0.131. The molecule has 0 aromatic heterocycles. The minimum absolute atomic E-state index is 0. The summed E-state index contributed by atoms with van der Waals surface area (Å²) in [5, 5.41) is 0. The van der Waals surface area contributed by atoms with Crippen molar-refractivity contribution in [2.24, 2.45) is 10.8 Å². The highest BCUT2D eigenvalue weighted by molar-refractivity contribution is 7.59. The van der Waals surface area contributed by atoms with Crippen LogP contribution in [0.25, 0.3) is 0 Å². The molecule has 1 spiro atoms. The van der Waals surface area contributed by atoms with E-state index >= 15 is 0 Å². The summed E-state index contributed by atoms with van der Waals surface area (Å²) < 4.78 is 12.0. The molecule has 0 amide bonds. The first-order valence-corrected chi connectivity index (χ1v) is 5.12. The van der Waals surface area contributed by atoms with Crippen LogP contribution in [0, 0.1) is 10.8 Å². The van der Waals surface area contributed by atoms with E-state index in [1.165, 1.54) is 0 Å². The molecule has 0 radical (unpaired) electrons. The van der Waals surface area contributed by atoms with Crippen molar-refractivity contribution in [1.29, 1.82) is 0 Å². The molecular weight excluding hydrogens is 228 g/mol. The molecule has 2 nitrogen and oxygen atoms in total. The average Bonchev–Trinajstić information content (AvgIpc) is 2.30. The summed E-state index contributed by atoms with van der Waals surface area (Å²) in [6.07, 6.45) is 0.446. The van der Waals surface area contributed by atoms with Gasteiger partial charge in [0, 0.05) is 10.8 Å². The zero-order valence-electron chi connectivity index (χ0n) is 10.5. The highest BCUT2D eigenvalue weighted by Crippen LogP contribution is 2.75. The minimum atomic E-state index is -0.321. The Hall–Kier alpha value is 0.620. The van der Waals surface area contributed by atoms with E-state index in [0.717, 1.165) is 0 Å². The molecule has 92 valence electrons. The first kappa shape index (κ1) is 15.6. The monoisotopic (exact) mass is 252 g/mol. The summed E-state index contributed by atoms with van der Waals surface area (Å²) in [4.78, 5) is 0. The van der Waals surface area contributed by atoms with E-state index < -0.39 is 0 Å². The molecule has 15 heavy (non-hydrogen) atoms. The lowest BCUT2D eigenvalue weighted by Gasteiger charge is -2.13. The van der Waals surface area contributed by atoms with Gasteiger partial charge in [-0.05, 0) is 13.8 Å². The Morgan fingerprint density at radius 1 is 0.733 bits per heavy atom. The molecule has 0 aromatic carbocycles. The maximum Gasteiger partial charge on any atom is 0.180 e. The van der Waals surface area contributed by atoms with E-state index in [4.69, 9.17) is 9.47 Å². The predicted molar refractivity (Wildman–Crippen MR) is 72.1 cm³/mol. The summed E-state index contributed by atoms with van der Waals surface area (Å²) in [7, 11) is 0. The van der Waals surface area contributed by atoms with E-state index in [0.29, 0.717) is 0 Å². The van der Waals surface area contributed by atoms with Gasteiger partial charge >= 0.3 is 0 Å². The van der Waals surface area contributed by atoms with Gasteiger partial charge in [-0.2, -0.15) is 27.0 Å². The Kier molecular flexibility index (Phi) is 3.99. The Balaban J connectivity index is 0.000000980. The van der Waals surface area contributed by atoms with Gasteiger partial charge in [-0.15, -0.1) is 0 Å². The summed E-state index contributed by atoms with van der Waals surface area (Å²) in [6.45, 7) is 13.1. The normalized spacial score (nSPS) is 38.0. The minimum Gasteiger partial charge on any atom is -0.343 e. The van der Waals surface area contributed by atoms with E-state index in [2.05, 4.69) is 41.5 Å². The standard InChI is InChI=1S/C11H20O2.2H2S/c1-7-8(2)13-11(12-7)9(3,4)10(11,5)6;;/h7-8H,1-6H3;2*1H2/t7-,8-;;/m0../s1. The third kappa shape index (κ3) is 1.48. The highest BCUT2D eigenvalue weighted by Gasteiger charge is 2.83. The van der Waals surface area contributed by atoms with Crippen molar-refractivity contribution < 1.29 is 9.47 Å². The third-order valence-electron chi connectivity index (χ3n) is 4.51. The van der Waals surface area contributed by atoms with Crippen LogP contribution in [-0.2, 0) is 9.47 Å². The molecule has 2 atom stereocenters. The topological polar surface area (TPSA) is 18.5 Å². The van der Waals surface area contributed by atoms with Crippen molar-refractivity contribution in [3.05, 3.63) is 0 Å². The van der Waals surface area contributed by atoms with Crippen molar-refractivity contribution in [1.82, 2.24) is 0 Å². The average molecular weight is 252 g/mol. The number of rotatable bonds is 0. The highest BCUT2D eigenvalue weighted by atomic mass is 32.1. The van der Waals surface area contributed by atoms with Crippen LogP contribution < -0.4 is 0 Å². The van der Waals surface area contributed by atoms with Gasteiger partial charge in [-0.3, -0.25) is 0 Å². The van der Waals surface area contributed by atoms with Crippen molar-refractivity contribution in [2.75, 3.05) is 0 Å². The van der Waals surface area contributed by atoms with E-state index in [-0.39, 0.29) is 55.8 Å². The molecule has 1 heterocycles. The van der Waals surface area contributed by atoms with Crippen LogP contribution in [0.1, 0.15) is 41.5 Å². The van der Waals surface area contributed by atoms with Gasteiger partial charge in [0.1, 0.15) is 0 Å². The van der Waals surface area contributed by atoms with Gasteiger partial charge in [0.2, 0.25) is 0 Å². The van der Waals surface area contributed by atoms with Crippen LogP contribution >= 0.6 is 27.0 Å². The molecule has 0 unspecified atom stereocenters. The second-order valence-electron chi connectivity index (χ2n) is 5.51. The fourth-order valence-corrected chi connectivity index (χ4v) is 2.54. The number of hydrogen-bond donors (Lipinski definition) is 0. The summed E-state index contributed by atoms with van der Waals surface area (Å²) in [5.74, 6) is -0.321. The second kappa shape index (κ2) is 3.83. The van der Waals surface area contributed by atoms with Crippen molar-refractivity contribution in [2.45, 2.75) is 59.5 Å². The molecule has 0 N–H and O–H groups in total. The maximum absolute atomic E-state index is 5.98. The van der Waals surface area contributed by atoms with Gasteiger partial charge in [0.15, 0.2) is 5.79 Å². The van der Waals surface area contributed by atoms with Gasteiger partial charge in [0.25, 0.3) is 0 Å². The number of hydrogen-bond acceptors (Lipinski definition) is 2. The van der Waals surface area contributed by atoms with Crippen molar-refractivity contribution in [3.63, 3.8) is 0 Å². The Bertz CT molecular complexity index is 225. The molecule has 0 bridgehead atoms. The largest absolute Gasteiger partial charge is 0.343 e. The second-order valence-corrected chi connectivity index (χ2v) is 5.51. The summed E-state index contributed by atoms with van der Waals surface area (Å²) in [5.41, 5.74) is 0.276.